The molecule has 0 N–H and O–H groups in total. The van der Waals surface area contributed by atoms with E-state index in [-0.39, 0.29) is 24.8 Å². The summed E-state index contributed by atoms with van der Waals surface area (Å²) in [5.74, 6) is 0.768. The van der Waals surface area contributed by atoms with Crippen LogP contribution in [-0.4, -0.2) is 4.21 Å². The number of benzene rings is 2. The summed E-state index contributed by atoms with van der Waals surface area (Å²) < 4.78 is 3.34. The first kappa shape index (κ1) is 31.6. The zero-order chi connectivity index (χ0) is 25.3. The fraction of sp³-hybridized carbons (Fsp3) is 0.114. The van der Waals surface area contributed by atoms with Gasteiger partial charge in [-0.2, -0.15) is 34.4 Å². The first-order valence-corrected chi connectivity index (χ1v) is 14.1. The molecule has 0 heterocycles. The van der Waals surface area contributed by atoms with E-state index in [0.29, 0.717) is 11.8 Å². The van der Waals surface area contributed by atoms with Gasteiger partial charge in [-0.15, -0.1) is 47.6 Å². The molecule has 2 aliphatic carbocycles. The number of allylic oxidation sites excluding steroid dienone is 6. The van der Waals surface area contributed by atoms with E-state index in [1.165, 1.54) is 68.7 Å². The van der Waals surface area contributed by atoms with Crippen molar-refractivity contribution in [3.63, 3.8) is 0 Å². The second-order valence-corrected chi connectivity index (χ2v) is 9.15. The third kappa shape index (κ3) is 7.73. The Hall–Kier alpha value is -2.57. The van der Waals surface area contributed by atoms with Crippen LogP contribution in [0.4, 0.5) is 0 Å². The number of hydrogen-bond donors (Lipinski definition) is 0. The minimum atomic E-state index is 0. The Labute approximate surface area is 255 Å². The van der Waals surface area contributed by atoms with Crippen molar-refractivity contribution in [2.24, 2.45) is 0 Å². The van der Waals surface area contributed by atoms with Gasteiger partial charge >= 0.3 is 28.4 Å². The van der Waals surface area contributed by atoms with E-state index in [0.717, 1.165) is 0 Å². The Morgan fingerprint density at radius 2 is 0.947 bits per heavy atom. The third-order valence-electron chi connectivity index (χ3n) is 6.57. The van der Waals surface area contributed by atoms with E-state index in [2.05, 4.69) is 152 Å². The van der Waals surface area contributed by atoms with Crippen molar-refractivity contribution in [1.29, 1.82) is 0 Å². The SMILES string of the molecule is Cc1cc2c([cH-]1)C=CC=CC2c1ccccc1.Cc1cc2c([cH-]1)C=CC=CC2c1ccccc1.[CH2]=[Zr+2].[Cl-].[Cl-]. The van der Waals surface area contributed by atoms with Crippen LogP contribution in [0, 0.1) is 13.8 Å². The van der Waals surface area contributed by atoms with Crippen LogP contribution >= 0.6 is 0 Å². The minimum absolute atomic E-state index is 0. The molecule has 0 aromatic heterocycles. The Balaban J connectivity index is 0.000000239. The van der Waals surface area contributed by atoms with Gasteiger partial charge in [0.15, 0.2) is 0 Å². The molecule has 4 aromatic rings. The summed E-state index contributed by atoms with van der Waals surface area (Å²) in [6.07, 6.45) is 17.5. The van der Waals surface area contributed by atoms with Gasteiger partial charge in [-0.25, -0.2) is 0 Å². The third-order valence-corrected chi connectivity index (χ3v) is 6.57. The van der Waals surface area contributed by atoms with Crippen LogP contribution in [0.1, 0.15) is 56.3 Å². The van der Waals surface area contributed by atoms with Gasteiger partial charge in [0, 0.05) is 0 Å². The molecule has 0 saturated heterocycles. The maximum absolute atomic E-state index is 3.34. The maximum atomic E-state index is 3.34. The summed E-state index contributed by atoms with van der Waals surface area (Å²) in [7, 11) is 0. The smallest absolute Gasteiger partial charge is 1.00 e. The van der Waals surface area contributed by atoms with Gasteiger partial charge in [0.25, 0.3) is 0 Å². The molecule has 2 unspecified atom stereocenters. The molecule has 0 aliphatic heterocycles. The molecule has 2 aliphatic rings. The molecule has 0 bridgehead atoms. The average molecular weight is 615 g/mol. The predicted octanol–water partition coefficient (Wildman–Crippen LogP) is 2.83. The van der Waals surface area contributed by atoms with Crippen LogP contribution in [0.15, 0.2) is 121 Å². The molecule has 2 atom stereocenters. The number of hydrogen-bond acceptors (Lipinski definition) is 0. The van der Waals surface area contributed by atoms with Crippen molar-refractivity contribution in [1.82, 2.24) is 0 Å². The van der Waals surface area contributed by atoms with E-state index >= 15 is 0 Å². The molecule has 0 nitrogen and oxygen atoms in total. The van der Waals surface area contributed by atoms with Gasteiger partial charge in [-0.1, -0.05) is 98.8 Å². The van der Waals surface area contributed by atoms with Gasteiger partial charge < -0.3 is 24.8 Å². The molecular weight excluding hydrogens is 583 g/mol. The number of aryl methyl sites for hydroxylation is 2. The molecule has 6 rings (SSSR count). The molecule has 192 valence electrons. The summed E-state index contributed by atoms with van der Waals surface area (Å²) in [6, 6.07) is 30.5. The fourth-order valence-electron chi connectivity index (χ4n) is 5.00. The average Bonchev–Trinajstić information content (AvgIpc) is 3.33. The molecule has 3 heteroatoms. The molecule has 0 radical (unpaired) electrons. The van der Waals surface area contributed by atoms with E-state index < -0.39 is 0 Å². The maximum Gasteiger partial charge on any atom is -1.00 e. The normalized spacial score (nSPS) is 16.1. The minimum Gasteiger partial charge on any atom is -1.00 e. The van der Waals surface area contributed by atoms with E-state index in [4.69, 9.17) is 0 Å². The zero-order valence-corrected chi connectivity index (χ0v) is 25.8. The molecule has 38 heavy (non-hydrogen) atoms. The first-order valence-electron chi connectivity index (χ1n) is 12.4. The van der Waals surface area contributed by atoms with Crippen molar-refractivity contribution in [2.45, 2.75) is 25.7 Å². The summed E-state index contributed by atoms with van der Waals surface area (Å²) in [6.45, 7) is 4.32. The number of fused-ring (bicyclic) bond motifs is 2. The van der Waals surface area contributed by atoms with E-state index in [1.807, 2.05) is 0 Å². The topological polar surface area (TPSA) is 0 Å². The number of rotatable bonds is 2. The van der Waals surface area contributed by atoms with Crippen LogP contribution in [-0.2, 0) is 24.2 Å². The van der Waals surface area contributed by atoms with Crippen molar-refractivity contribution in [3.8, 4) is 0 Å². The Bertz CT molecular complexity index is 1280. The molecular formula is C35H32Cl2Zr-2. The van der Waals surface area contributed by atoms with Crippen LogP contribution in [0.2, 0.25) is 0 Å². The second-order valence-electron chi connectivity index (χ2n) is 9.15. The standard InChI is InChI=1S/2C17H15.CH2.2ClH.Zr/c2*1-13-11-15-9-5-6-10-16(17(15)12-13)14-7-3-2-4-8-14;;;;/h2*2-12,16H,1H3;1H2;2*1H;/q2*-1;;;;+2/p-2. The predicted molar refractivity (Wildman–Crippen MR) is 154 cm³/mol. The summed E-state index contributed by atoms with van der Waals surface area (Å²) in [4.78, 5) is 0. The quantitative estimate of drug-likeness (QED) is 0.305. The fourth-order valence-corrected chi connectivity index (χ4v) is 5.00. The van der Waals surface area contributed by atoms with E-state index in [9.17, 15) is 0 Å². The van der Waals surface area contributed by atoms with Crippen molar-refractivity contribution in [2.75, 3.05) is 0 Å². The molecule has 0 spiro atoms. The van der Waals surface area contributed by atoms with Crippen LogP contribution < -0.4 is 24.8 Å². The monoisotopic (exact) mass is 612 g/mol. The molecule has 0 saturated carbocycles. The molecule has 4 aromatic carbocycles. The van der Waals surface area contributed by atoms with E-state index in [1.54, 1.807) is 0 Å². The molecule has 0 amide bonds. The van der Waals surface area contributed by atoms with Gasteiger partial charge in [0.2, 0.25) is 0 Å². The summed E-state index contributed by atoms with van der Waals surface area (Å²) >= 11 is 1.30. The largest absolute Gasteiger partial charge is 1.00 e. The zero-order valence-electron chi connectivity index (χ0n) is 21.8. The summed E-state index contributed by atoms with van der Waals surface area (Å²) in [5, 5.41) is 0. The van der Waals surface area contributed by atoms with Crippen LogP contribution in [0.5, 0.6) is 0 Å². The Kier molecular flexibility index (Phi) is 13.1. The van der Waals surface area contributed by atoms with Gasteiger partial charge in [-0.05, 0) is 23.0 Å². The second kappa shape index (κ2) is 15.8. The van der Waals surface area contributed by atoms with Gasteiger partial charge in [-0.3, -0.25) is 0 Å². The van der Waals surface area contributed by atoms with Gasteiger partial charge in [0.05, 0.1) is 0 Å². The Morgan fingerprint density at radius 1 is 0.579 bits per heavy atom. The first-order chi connectivity index (χ1) is 17.7. The van der Waals surface area contributed by atoms with Crippen molar-refractivity contribution < 1.29 is 49.0 Å². The number of halogens is 2. The van der Waals surface area contributed by atoms with Crippen LogP contribution in [0.25, 0.3) is 12.2 Å². The van der Waals surface area contributed by atoms with Crippen molar-refractivity contribution >= 4 is 16.4 Å². The Morgan fingerprint density at radius 3 is 1.32 bits per heavy atom. The van der Waals surface area contributed by atoms with Gasteiger partial charge in [0.1, 0.15) is 0 Å². The summed E-state index contributed by atoms with van der Waals surface area (Å²) in [5.41, 5.74) is 10.9. The van der Waals surface area contributed by atoms with Crippen molar-refractivity contribution in [3.05, 3.63) is 166 Å². The molecule has 0 fully saturated rings. The van der Waals surface area contributed by atoms with Crippen LogP contribution in [0.3, 0.4) is 0 Å².